The van der Waals surface area contributed by atoms with Crippen molar-refractivity contribution in [3.05, 3.63) is 63.9 Å². The zero-order valence-electron chi connectivity index (χ0n) is 21.7. The van der Waals surface area contributed by atoms with Crippen molar-refractivity contribution in [3.63, 3.8) is 0 Å². The number of hydrogen-bond acceptors (Lipinski definition) is 5. The molecule has 0 radical (unpaired) electrons. The highest BCUT2D eigenvalue weighted by atomic mass is 35.5. The fourth-order valence-electron chi connectivity index (χ4n) is 5.07. The summed E-state index contributed by atoms with van der Waals surface area (Å²) >= 11 is 6.54. The lowest BCUT2D eigenvalue weighted by Crippen LogP contribution is -2.39. The Bertz CT molecular complexity index is 1240. The Labute approximate surface area is 226 Å². The summed E-state index contributed by atoms with van der Waals surface area (Å²) in [6.07, 6.45) is 1.75. The number of hydrogen-bond donors (Lipinski definition) is 0. The predicted octanol–water partition coefficient (Wildman–Crippen LogP) is 4.29. The summed E-state index contributed by atoms with van der Waals surface area (Å²) in [6.45, 7) is 2.81. The van der Waals surface area contributed by atoms with E-state index in [0.29, 0.717) is 30.3 Å². The third kappa shape index (κ3) is 5.67. The molecule has 2 heterocycles. The monoisotopic (exact) mass is 543 g/mol. The fourth-order valence-corrected chi connectivity index (χ4v) is 5.31. The topological polar surface area (TPSA) is 87.2 Å². The first-order valence-electron chi connectivity index (χ1n) is 12.7. The quantitative estimate of drug-likeness (QED) is 0.507. The Hall–Kier alpha value is -3.46. The van der Waals surface area contributed by atoms with E-state index in [1.54, 1.807) is 24.0 Å². The SMILES string of the molecule is CCOC(=O)N1CC(C(=O)C(=O)N(C)C)c2cc(C(=O)N3CCC(Cc4ccc(F)cc4)CC3)c(Cl)cc21. The smallest absolute Gasteiger partial charge is 0.414 e. The Morgan fingerprint density at radius 1 is 1.08 bits per heavy atom. The largest absolute Gasteiger partial charge is 0.449 e. The molecule has 38 heavy (non-hydrogen) atoms. The standard InChI is InChI=1S/C28H31ClFN3O5/c1-4-38-28(37)33-16-22(25(34)27(36)31(2)3)20-14-21(23(29)15-24(20)33)26(35)32-11-9-18(10-12-32)13-17-5-7-19(30)8-6-17/h5-8,14-15,18,22H,4,9-13,16H2,1-3H3. The van der Waals surface area contributed by atoms with Gasteiger partial charge in [0.2, 0.25) is 5.78 Å². The number of fused-ring (bicyclic) bond motifs is 1. The molecule has 0 aromatic heterocycles. The number of rotatable bonds is 6. The van der Waals surface area contributed by atoms with E-state index in [1.807, 2.05) is 0 Å². The Morgan fingerprint density at radius 2 is 1.74 bits per heavy atom. The molecular weight excluding hydrogens is 513 g/mol. The third-order valence-electron chi connectivity index (χ3n) is 7.14. The Morgan fingerprint density at radius 3 is 2.34 bits per heavy atom. The van der Waals surface area contributed by atoms with E-state index in [4.69, 9.17) is 16.3 Å². The van der Waals surface area contributed by atoms with Gasteiger partial charge in [-0.15, -0.1) is 0 Å². The number of piperidine rings is 1. The zero-order valence-corrected chi connectivity index (χ0v) is 22.5. The minimum absolute atomic E-state index is 0.0741. The first-order chi connectivity index (χ1) is 18.1. The third-order valence-corrected chi connectivity index (χ3v) is 7.45. The molecule has 0 bridgehead atoms. The molecule has 8 nitrogen and oxygen atoms in total. The van der Waals surface area contributed by atoms with E-state index in [1.165, 1.54) is 48.2 Å². The molecule has 202 valence electrons. The molecule has 3 amide bonds. The number of carbonyl (C=O) groups is 4. The molecular formula is C28H31ClFN3O5. The van der Waals surface area contributed by atoms with Crippen molar-refractivity contribution in [3.8, 4) is 0 Å². The molecule has 2 aromatic rings. The number of Topliss-reactive ketones (excluding diaryl/α,β-unsaturated/α-hetero) is 1. The molecule has 0 spiro atoms. The van der Waals surface area contributed by atoms with Crippen LogP contribution in [0.1, 0.15) is 47.2 Å². The second-order valence-electron chi connectivity index (χ2n) is 9.88. The van der Waals surface area contributed by atoms with E-state index < -0.39 is 23.7 Å². The maximum atomic E-state index is 13.5. The molecule has 0 N–H and O–H groups in total. The minimum Gasteiger partial charge on any atom is -0.449 e. The summed E-state index contributed by atoms with van der Waals surface area (Å²) in [5.41, 5.74) is 2.04. The highest BCUT2D eigenvalue weighted by Gasteiger charge is 2.41. The van der Waals surface area contributed by atoms with Crippen molar-refractivity contribution in [2.45, 2.75) is 32.1 Å². The molecule has 10 heteroatoms. The molecule has 2 aliphatic rings. The predicted molar refractivity (Wildman–Crippen MR) is 141 cm³/mol. The van der Waals surface area contributed by atoms with Gasteiger partial charge in [0, 0.05) is 33.7 Å². The second kappa shape index (κ2) is 11.5. The van der Waals surface area contributed by atoms with Gasteiger partial charge in [-0.2, -0.15) is 0 Å². The first kappa shape index (κ1) is 27.6. The van der Waals surface area contributed by atoms with Crippen molar-refractivity contribution in [1.29, 1.82) is 0 Å². The summed E-state index contributed by atoms with van der Waals surface area (Å²) in [4.78, 5) is 55.8. The summed E-state index contributed by atoms with van der Waals surface area (Å²) in [7, 11) is 2.96. The number of likely N-dealkylation sites (tertiary alicyclic amines) is 1. The van der Waals surface area contributed by atoms with Crippen molar-refractivity contribution < 1.29 is 28.3 Å². The van der Waals surface area contributed by atoms with E-state index >= 15 is 0 Å². The van der Waals surface area contributed by atoms with Crippen molar-refractivity contribution in [1.82, 2.24) is 9.80 Å². The lowest BCUT2D eigenvalue weighted by atomic mass is 9.89. The number of ether oxygens (including phenoxy) is 1. The lowest BCUT2D eigenvalue weighted by Gasteiger charge is -2.32. The molecule has 1 fully saturated rings. The molecule has 0 aliphatic carbocycles. The van der Waals surface area contributed by atoms with Gasteiger partial charge >= 0.3 is 6.09 Å². The number of carbonyl (C=O) groups excluding carboxylic acids is 4. The van der Waals surface area contributed by atoms with Crippen LogP contribution in [0, 0.1) is 11.7 Å². The molecule has 2 aromatic carbocycles. The van der Waals surface area contributed by atoms with Crippen LogP contribution in [0.3, 0.4) is 0 Å². The van der Waals surface area contributed by atoms with Gasteiger partial charge in [-0.25, -0.2) is 9.18 Å². The summed E-state index contributed by atoms with van der Waals surface area (Å²) in [6, 6.07) is 9.52. The summed E-state index contributed by atoms with van der Waals surface area (Å²) in [5, 5.41) is 0.156. The van der Waals surface area contributed by atoms with Crippen LogP contribution in [-0.4, -0.2) is 73.8 Å². The lowest BCUT2D eigenvalue weighted by molar-refractivity contribution is -0.143. The van der Waals surface area contributed by atoms with E-state index in [0.717, 1.165) is 24.8 Å². The van der Waals surface area contributed by atoms with Crippen LogP contribution >= 0.6 is 11.6 Å². The van der Waals surface area contributed by atoms with Crippen molar-refractivity contribution in [2.24, 2.45) is 5.92 Å². The van der Waals surface area contributed by atoms with Gasteiger partial charge in [0.25, 0.3) is 11.8 Å². The number of nitrogens with zero attached hydrogens (tertiary/aromatic N) is 3. The average molecular weight is 544 g/mol. The van der Waals surface area contributed by atoms with Gasteiger partial charge < -0.3 is 14.5 Å². The maximum Gasteiger partial charge on any atom is 0.414 e. The van der Waals surface area contributed by atoms with Crippen molar-refractivity contribution >= 4 is 41.0 Å². The second-order valence-corrected chi connectivity index (χ2v) is 10.3. The van der Waals surface area contributed by atoms with Gasteiger partial charge in [0.15, 0.2) is 0 Å². The zero-order chi connectivity index (χ0) is 27.6. The van der Waals surface area contributed by atoms with Crippen LogP contribution in [0.5, 0.6) is 0 Å². The van der Waals surface area contributed by atoms with Crippen molar-refractivity contribution in [2.75, 3.05) is 45.2 Å². The van der Waals surface area contributed by atoms with Crippen LogP contribution < -0.4 is 4.90 Å². The molecule has 1 atom stereocenters. The van der Waals surface area contributed by atoms with Gasteiger partial charge in [-0.1, -0.05) is 23.7 Å². The van der Waals surface area contributed by atoms with Gasteiger partial charge in [-0.3, -0.25) is 19.3 Å². The Balaban J connectivity index is 1.54. The highest BCUT2D eigenvalue weighted by molar-refractivity contribution is 6.39. The van der Waals surface area contributed by atoms with Gasteiger partial charge in [-0.05, 0) is 67.5 Å². The molecule has 2 aliphatic heterocycles. The van der Waals surface area contributed by atoms with Crippen LogP contribution in [0.15, 0.2) is 36.4 Å². The van der Waals surface area contributed by atoms with Crippen LogP contribution in [-0.2, 0) is 20.7 Å². The van der Waals surface area contributed by atoms with Gasteiger partial charge in [0.1, 0.15) is 5.82 Å². The van der Waals surface area contributed by atoms with Crippen LogP contribution in [0.25, 0.3) is 0 Å². The maximum absolute atomic E-state index is 13.5. The number of anilines is 1. The number of benzene rings is 2. The van der Waals surface area contributed by atoms with Crippen LogP contribution in [0.4, 0.5) is 14.9 Å². The molecule has 1 saturated heterocycles. The Kier molecular flexibility index (Phi) is 8.35. The highest BCUT2D eigenvalue weighted by Crippen LogP contribution is 2.41. The number of halogens is 2. The van der Waals surface area contributed by atoms with E-state index in [-0.39, 0.29) is 35.5 Å². The van der Waals surface area contributed by atoms with E-state index in [9.17, 15) is 23.6 Å². The first-order valence-corrected chi connectivity index (χ1v) is 13.0. The van der Waals surface area contributed by atoms with Gasteiger partial charge in [0.05, 0.1) is 28.8 Å². The van der Waals surface area contributed by atoms with Crippen LogP contribution in [0.2, 0.25) is 5.02 Å². The normalized spacial score (nSPS) is 17.2. The fraction of sp³-hybridized carbons (Fsp3) is 0.429. The number of ketones is 1. The molecule has 0 saturated carbocycles. The summed E-state index contributed by atoms with van der Waals surface area (Å²) < 4.78 is 18.3. The molecule has 1 unspecified atom stereocenters. The summed E-state index contributed by atoms with van der Waals surface area (Å²) in [5.74, 6) is -2.46. The number of amides is 3. The van der Waals surface area contributed by atoms with E-state index in [2.05, 4.69) is 0 Å². The number of likely N-dealkylation sites (N-methyl/N-ethyl adjacent to an activating group) is 1. The average Bonchev–Trinajstić information content (AvgIpc) is 3.27. The minimum atomic E-state index is -0.936. The molecule has 4 rings (SSSR count).